The zero-order chi connectivity index (χ0) is 15.6. The number of carbonyl (C=O) groups is 2. The molecule has 7 heteroatoms. The van der Waals surface area contributed by atoms with Crippen LogP contribution in [0.3, 0.4) is 0 Å². The molecule has 0 aromatic heterocycles. The standard InChI is InChI=1S/C14H14F3NO3/c15-14(16,17)9-4-1-3-8(7-9)12(19)18-11-6-2-5-10(11)13(20)21/h1,3-4,7,10-11H,2,5-6H2,(H,18,19)(H,20,21). The number of rotatable bonds is 3. The van der Waals surface area contributed by atoms with Crippen molar-refractivity contribution >= 4 is 11.9 Å². The molecule has 1 saturated carbocycles. The number of carboxylic acids is 1. The molecule has 2 atom stereocenters. The first-order valence-electron chi connectivity index (χ1n) is 6.50. The van der Waals surface area contributed by atoms with Crippen molar-refractivity contribution in [2.24, 2.45) is 5.92 Å². The summed E-state index contributed by atoms with van der Waals surface area (Å²) in [5, 5.41) is 11.5. The molecular formula is C14H14F3NO3. The summed E-state index contributed by atoms with van der Waals surface area (Å²) in [6.07, 6.45) is -2.87. The van der Waals surface area contributed by atoms with Gasteiger partial charge in [-0.05, 0) is 31.0 Å². The monoisotopic (exact) mass is 301 g/mol. The number of benzene rings is 1. The average molecular weight is 301 g/mol. The highest BCUT2D eigenvalue weighted by Gasteiger charge is 2.35. The van der Waals surface area contributed by atoms with E-state index in [2.05, 4.69) is 5.32 Å². The minimum absolute atomic E-state index is 0.124. The molecule has 0 heterocycles. The van der Waals surface area contributed by atoms with Crippen molar-refractivity contribution in [1.82, 2.24) is 5.32 Å². The van der Waals surface area contributed by atoms with Gasteiger partial charge in [0.15, 0.2) is 0 Å². The molecule has 1 aliphatic carbocycles. The molecule has 1 aromatic rings. The van der Waals surface area contributed by atoms with Crippen LogP contribution in [0.1, 0.15) is 35.2 Å². The minimum Gasteiger partial charge on any atom is -0.481 e. The molecule has 114 valence electrons. The van der Waals surface area contributed by atoms with Crippen LogP contribution in [0.15, 0.2) is 24.3 Å². The molecule has 2 unspecified atom stereocenters. The highest BCUT2D eigenvalue weighted by atomic mass is 19.4. The van der Waals surface area contributed by atoms with Gasteiger partial charge in [-0.3, -0.25) is 9.59 Å². The number of amides is 1. The molecule has 0 spiro atoms. The lowest BCUT2D eigenvalue weighted by Crippen LogP contribution is -2.40. The SMILES string of the molecule is O=C(NC1CCCC1C(=O)O)c1cccc(C(F)(F)F)c1. The number of halogens is 3. The summed E-state index contributed by atoms with van der Waals surface area (Å²) < 4.78 is 37.8. The van der Waals surface area contributed by atoms with Crippen LogP contribution >= 0.6 is 0 Å². The Labute approximate surface area is 119 Å². The first kappa shape index (κ1) is 15.3. The molecule has 1 amide bonds. The summed E-state index contributed by atoms with van der Waals surface area (Å²) in [5.74, 6) is -2.36. The van der Waals surface area contributed by atoms with Gasteiger partial charge in [0.05, 0.1) is 11.5 Å². The van der Waals surface area contributed by atoms with Crippen LogP contribution in [-0.2, 0) is 11.0 Å². The lowest BCUT2D eigenvalue weighted by molar-refractivity contribution is -0.142. The van der Waals surface area contributed by atoms with Gasteiger partial charge in [-0.25, -0.2) is 0 Å². The summed E-state index contributed by atoms with van der Waals surface area (Å²) in [6.45, 7) is 0. The first-order chi connectivity index (χ1) is 9.79. The molecule has 0 aliphatic heterocycles. The first-order valence-corrected chi connectivity index (χ1v) is 6.50. The maximum Gasteiger partial charge on any atom is 0.416 e. The van der Waals surface area contributed by atoms with E-state index < -0.39 is 35.6 Å². The predicted octanol–water partition coefficient (Wildman–Crippen LogP) is 2.69. The van der Waals surface area contributed by atoms with E-state index in [1.165, 1.54) is 6.07 Å². The molecule has 0 bridgehead atoms. The van der Waals surface area contributed by atoms with Gasteiger partial charge in [0.1, 0.15) is 0 Å². The third-order valence-corrected chi connectivity index (χ3v) is 3.60. The number of aliphatic carboxylic acids is 1. The maximum atomic E-state index is 12.6. The van der Waals surface area contributed by atoms with Gasteiger partial charge < -0.3 is 10.4 Å². The highest BCUT2D eigenvalue weighted by molar-refractivity contribution is 5.95. The van der Waals surface area contributed by atoms with Gasteiger partial charge in [-0.1, -0.05) is 12.5 Å². The number of carboxylic acid groups (broad SMARTS) is 1. The second kappa shape index (κ2) is 5.75. The number of carbonyl (C=O) groups excluding carboxylic acids is 1. The van der Waals surface area contributed by atoms with Crippen molar-refractivity contribution in [3.05, 3.63) is 35.4 Å². The average Bonchev–Trinajstić information content (AvgIpc) is 2.86. The van der Waals surface area contributed by atoms with Gasteiger partial charge in [0.25, 0.3) is 5.91 Å². The van der Waals surface area contributed by atoms with E-state index in [0.29, 0.717) is 19.3 Å². The Kier molecular flexibility index (Phi) is 4.20. The molecular weight excluding hydrogens is 287 g/mol. The quantitative estimate of drug-likeness (QED) is 0.902. The largest absolute Gasteiger partial charge is 0.481 e. The lowest BCUT2D eigenvalue weighted by atomic mass is 10.0. The molecule has 1 fully saturated rings. The second-order valence-corrected chi connectivity index (χ2v) is 5.03. The van der Waals surface area contributed by atoms with E-state index in [4.69, 9.17) is 5.11 Å². The Morgan fingerprint density at radius 2 is 1.95 bits per heavy atom. The van der Waals surface area contributed by atoms with Crippen LogP contribution in [-0.4, -0.2) is 23.0 Å². The van der Waals surface area contributed by atoms with E-state index in [-0.39, 0.29) is 5.56 Å². The number of alkyl halides is 3. The zero-order valence-corrected chi connectivity index (χ0v) is 11.0. The van der Waals surface area contributed by atoms with Crippen molar-refractivity contribution in [2.75, 3.05) is 0 Å². The lowest BCUT2D eigenvalue weighted by Gasteiger charge is -2.18. The topological polar surface area (TPSA) is 66.4 Å². The Morgan fingerprint density at radius 3 is 2.57 bits per heavy atom. The van der Waals surface area contributed by atoms with Gasteiger partial charge in [-0.2, -0.15) is 13.2 Å². The van der Waals surface area contributed by atoms with Crippen molar-refractivity contribution in [1.29, 1.82) is 0 Å². The van der Waals surface area contributed by atoms with Crippen LogP contribution in [0.5, 0.6) is 0 Å². The van der Waals surface area contributed by atoms with Crippen LogP contribution in [0, 0.1) is 5.92 Å². The van der Waals surface area contributed by atoms with Crippen LogP contribution in [0.4, 0.5) is 13.2 Å². The summed E-state index contributed by atoms with van der Waals surface area (Å²) in [5.41, 5.74) is -1.03. The minimum atomic E-state index is -4.52. The molecule has 2 rings (SSSR count). The maximum absolute atomic E-state index is 12.6. The van der Waals surface area contributed by atoms with Gasteiger partial charge >= 0.3 is 12.1 Å². The number of hydrogen-bond donors (Lipinski definition) is 2. The summed E-state index contributed by atoms with van der Waals surface area (Å²) in [7, 11) is 0. The van der Waals surface area contributed by atoms with E-state index >= 15 is 0 Å². The van der Waals surface area contributed by atoms with Crippen molar-refractivity contribution < 1.29 is 27.9 Å². The summed E-state index contributed by atoms with van der Waals surface area (Å²) in [6, 6.07) is 3.53. The predicted molar refractivity (Wildman–Crippen MR) is 67.7 cm³/mol. The van der Waals surface area contributed by atoms with E-state index in [9.17, 15) is 22.8 Å². The van der Waals surface area contributed by atoms with E-state index in [1.54, 1.807) is 0 Å². The molecule has 2 N–H and O–H groups in total. The van der Waals surface area contributed by atoms with Crippen molar-refractivity contribution in [3.63, 3.8) is 0 Å². The molecule has 4 nitrogen and oxygen atoms in total. The Hall–Kier alpha value is -2.05. The summed E-state index contributed by atoms with van der Waals surface area (Å²) >= 11 is 0. The van der Waals surface area contributed by atoms with Crippen LogP contribution < -0.4 is 5.32 Å². The van der Waals surface area contributed by atoms with Gasteiger partial charge in [0.2, 0.25) is 0 Å². The van der Waals surface area contributed by atoms with E-state index in [0.717, 1.165) is 18.2 Å². The normalized spacial score (nSPS) is 22.0. The smallest absolute Gasteiger partial charge is 0.416 e. The third kappa shape index (κ3) is 3.53. The highest BCUT2D eigenvalue weighted by Crippen LogP contribution is 2.30. The van der Waals surface area contributed by atoms with Gasteiger partial charge in [0, 0.05) is 11.6 Å². The molecule has 0 saturated heterocycles. The zero-order valence-electron chi connectivity index (χ0n) is 11.0. The molecule has 21 heavy (non-hydrogen) atoms. The Bertz CT molecular complexity index is 557. The fourth-order valence-electron chi connectivity index (χ4n) is 2.52. The van der Waals surface area contributed by atoms with Gasteiger partial charge in [-0.15, -0.1) is 0 Å². The second-order valence-electron chi connectivity index (χ2n) is 5.03. The number of nitrogens with one attached hydrogen (secondary N) is 1. The van der Waals surface area contributed by atoms with E-state index in [1.807, 2.05) is 0 Å². The Morgan fingerprint density at radius 1 is 1.24 bits per heavy atom. The fourth-order valence-corrected chi connectivity index (χ4v) is 2.52. The number of hydrogen-bond acceptors (Lipinski definition) is 2. The fraction of sp³-hybridized carbons (Fsp3) is 0.429. The summed E-state index contributed by atoms with van der Waals surface area (Å²) in [4.78, 5) is 23.0. The molecule has 0 radical (unpaired) electrons. The van der Waals surface area contributed by atoms with Crippen LogP contribution in [0.25, 0.3) is 0 Å². The van der Waals surface area contributed by atoms with Crippen LogP contribution in [0.2, 0.25) is 0 Å². The molecule has 1 aliphatic rings. The Balaban J connectivity index is 2.12. The molecule has 1 aromatic carbocycles. The van der Waals surface area contributed by atoms with Crippen molar-refractivity contribution in [2.45, 2.75) is 31.5 Å². The third-order valence-electron chi connectivity index (χ3n) is 3.60. The van der Waals surface area contributed by atoms with Crippen molar-refractivity contribution in [3.8, 4) is 0 Å².